The molecule has 0 radical (unpaired) electrons. The predicted octanol–water partition coefficient (Wildman–Crippen LogP) is 2.14. The Kier molecular flexibility index (Phi) is 5.99. The summed E-state index contributed by atoms with van der Waals surface area (Å²) in [5.74, 6) is -0.178. The Labute approximate surface area is 156 Å². The summed E-state index contributed by atoms with van der Waals surface area (Å²) in [5.41, 5.74) is 6.06. The Bertz CT molecular complexity index is 736. The highest BCUT2D eigenvalue weighted by molar-refractivity contribution is 7.89. The summed E-state index contributed by atoms with van der Waals surface area (Å²) in [4.78, 5) is 12.8. The van der Waals surface area contributed by atoms with Crippen LogP contribution < -0.4 is 11.1 Å². The molecule has 1 saturated carbocycles. The number of amides is 1. The Hall–Kier alpha value is -1.44. The minimum Gasteiger partial charge on any atom is -0.350 e. The third-order valence-electron chi connectivity index (χ3n) is 5.54. The zero-order valence-corrected chi connectivity index (χ0v) is 16.1. The maximum Gasteiger partial charge on any atom is 0.243 e. The van der Waals surface area contributed by atoms with Gasteiger partial charge >= 0.3 is 0 Å². The van der Waals surface area contributed by atoms with Crippen LogP contribution in [0, 0.1) is 0 Å². The third kappa shape index (κ3) is 4.10. The number of carbonyl (C=O) groups is 1. The van der Waals surface area contributed by atoms with Gasteiger partial charge in [-0.15, -0.1) is 0 Å². The number of hydrogen-bond acceptors (Lipinski definition) is 4. The number of benzene rings is 1. The number of nitrogens with two attached hydrogens (primary N) is 1. The van der Waals surface area contributed by atoms with E-state index in [9.17, 15) is 13.2 Å². The molecule has 144 valence electrons. The van der Waals surface area contributed by atoms with E-state index in [4.69, 9.17) is 5.73 Å². The zero-order valence-electron chi connectivity index (χ0n) is 15.2. The molecule has 7 heteroatoms. The molecule has 1 saturated heterocycles. The predicted molar refractivity (Wildman–Crippen MR) is 101 cm³/mol. The highest BCUT2D eigenvalue weighted by Crippen LogP contribution is 2.27. The monoisotopic (exact) mass is 379 g/mol. The molecular formula is C19H29N3O3S. The second-order valence-corrected chi connectivity index (χ2v) is 9.38. The molecule has 1 heterocycles. The SMILES string of the molecule is NC1(C(=O)NCc2ccccc2S(=O)(=O)N2CCCCC2)CCCCC1. The number of carbonyl (C=O) groups excluding carboxylic acids is 1. The van der Waals surface area contributed by atoms with E-state index < -0.39 is 15.6 Å². The van der Waals surface area contributed by atoms with E-state index in [-0.39, 0.29) is 17.3 Å². The molecule has 0 aromatic heterocycles. The van der Waals surface area contributed by atoms with Crippen molar-refractivity contribution in [3.63, 3.8) is 0 Å². The second-order valence-electron chi connectivity index (χ2n) is 7.47. The topological polar surface area (TPSA) is 92.5 Å². The van der Waals surface area contributed by atoms with Crippen LogP contribution in [0.4, 0.5) is 0 Å². The number of sulfonamides is 1. The lowest BCUT2D eigenvalue weighted by Crippen LogP contribution is -2.54. The molecule has 2 aliphatic rings. The van der Waals surface area contributed by atoms with Crippen molar-refractivity contribution in [1.29, 1.82) is 0 Å². The molecule has 0 atom stereocenters. The molecule has 0 spiro atoms. The Balaban J connectivity index is 1.74. The van der Waals surface area contributed by atoms with Crippen molar-refractivity contribution in [2.24, 2.45) is 5.73 Å². The molecule has 0 bridgehead atoms. The fourth-order valence-electron chi connectivity index (χ4n) is 3.91. The number of piperidine rings is 1. The molecule has 1 aromatic rings. The maximum absolute atomic E-state index is 13.0. The van der Waals surface area contributed by atoms with Crippen LogP contribution >= 0.6 is 0 Å². The van der Waals surface area contributed by atoms with E-state index in [1.807, 2.05) is 0 Å². The van der Waals surface area contributed by atoms with Gasteiger partial charge in [0, 0.05) is 19.6 Å². The maximum atomic E-state index is 13.0. The van der Waals surface area contributed by atoms with Gasteiger partial charge in [0.25, 0.3) is 0 Å². The molecule has 0 unspecified atom stereocenters. The van der Waals surface area contributed by atoms with Gasteiger partial charge in [-0.25, -0.2) is 8.42 Å². The van der Waals surface area contributed by atoms with Crippen molar-refractivity contribution in [2.45, 2.75) is 68.3 Å². The van der Waals surface area contributed by atoms with E-state index in [1.165, 1.54) is 0 Å². The van der Waals surface area contributed by atoms with Gasteiger partial charge in [-0.1, -0.05) is 43.9 Å². The first-order chi connectivity index (χ1) is 12.4. The van der Waals surface area contributed by atoms with E-state index in [0.717, 1.165) is 38.5 Å². The average Bonchev–Trinajstić information content (AvgIpc) is 2.67. The second kappa shape index (κ2) is 8.06. The first kappa shape index (κ1) is 19.3. The van der Waals surface area contributed by atoms with Crippen LogP contribution in [0.2, 0.25) is 0 Å². The van der Waals surface area contributed by atoms with E-state index in [2.05, 4.69) is 5.32 Å². The fraction of sp³-hybridized carbons (Fsp3) is 0.632. The minimum absolute atomic E-state index is 0.178. The summed E-state index contributed by atoms with van der Waals surface area (Å²) in [6, 6.07) is 6.93. The molecule has 3 rings (SSSR count). The molecule has 1 aromatic carbocycles. The van der Waals surface area contributed by atoms with Crippen LogP contribution in [-0.4, -0.2) is 37.3 Å². The third-order valence-corrected chi connectivity index (χ3v) is 7.54. The molecule has 6 nitrogen and oxygen atoms in total. The molecule has 2 fully saturated rings. The van der Waals surface area contributed by atoms with Gasteiger partial charge in [0.2, 0.25) is 15.9 Å². The van der Waals surface area contributed by atoms with Gasteiger partial charge in [0.05, 0.1) is 10.4 Å². The Morgan fingerprint density at radius 1 is 1.04 bits per heavy atom. The molecule has 3 N–H and O–H groups in total. The summed E-state index contributed by atoms with van der Waals surface area (Å²) in [7, 11) is -3.53. The van der Waals surface area contributed by atoms with Crippen molar-refractivity contribution >= 4 is 15.9 Å². The van der Waals surface area contributed by atoms with Crippen LogP contribution in [0.25, 0.3) is 0 Å². The number of nitrogens with one attached hydrogen (secondary N) is 1. The molecule has 1 amide bonds. The molecule has 26 heavy (non-hydrogen) atoms. The highest BCUT2D eigenvalue weighted by Gasteiger charge is 2.35. The lowest BCUT2D eigenvalue weighted by molar-refractivity contribution is -0.127. The lowest BCUT2D eigenvalue weighted by atomic mass is 9.82. The number of nitrogens with zero attached hydrogens (tertiary/aromatic N) is 1. The molecule has 1 aliphatic heterocycles. The zero-order chi connectivity index (χ0) is 18.6. The molecular weight excluding hydrogens is 350 g/mol. The normalized spacial score (nSPS) is 21.3. The number of rotatable bonds is 5. The first-order valence-electron chi connectivity index (χ1n) is 9.59. The fourth-order valence-corrected chi connectivity index (χ4v) is 5.65. The minimum atomic E-state index is -3.53. The first-order valence-corrected chi connectivity index (χ1v) is 11.0. The lowest BCUT2D eigenvalue weighted by Gasteiger charge is -2.32. The van der Waals surface area contributed by atoms with Gasteiger partial charge in [0.1, 0.15) is 0 Å². The van der Waals surface area contributed by atoms with Crippen molar-refractivity contribution < 1.29 is 13.2 Å². The van der Waals surface area contributed by atoms with Crippen molar-refractivity contribution in [3.05, 3.63) is 29.8 Å². The highest BCUT2D eigenvalue weighted by atomic mass is 32.2. The van der Waals surface area contributed by atoms with Gasteiger partial charge in [-0.2, -0.15) is 4.31 Å². The largest absolute Gasteiger partial charge is 0.350 e. The van der Waals surface area contributed by atoms with Gasteiger partial charge in [-0.05, 0) is 37.3 Å². The summed E-state index contributed by atoms with van der Waals surface area (Å²) in [6.45, 7) is 1.31. The average molecular weight is 380 g/mol. The van der Waals surface area contributed by atoms with Crippen LogP contribution in [0.1, 0.15) is 56.9 Å². The standard InChI is InChI=1S/C19H29N3O3S/c20-19(11-5-1-6-12-19)18(23)21-15-16-9-3-4-10-17(16)26(24,25)22-13-7-2-8-14-22/h3-4,9-10H,1-2,5-8,11-15,20H2,(H,21,23). The summed E-state index contributed by atoms with van der Waals surface area (Å²) < 4.78 is 27.6. The van der Waals surface area contributed by atoms with E-state index >= 15 is 0 Å². The van der Waals surface area contributed by atoms with Crippen LogP contribution in [-0.2, 0) is 21.4 Å². The Morgan fingerprint density at radius 3 is 2.35 bits per heavy atom. The van der Waals surface area contributed by atoms with E-state index in [0.29, 0.717) is 31.5 Å². The van der Waals surface area contributed by atoms with Crippen LogP contribution in [0.15, 0.2) is 29.2 Å². The number of hydrogen-bond donors (Lipinski definition) is 2. The smallest absolute Gasteiger partial charge is 0.243 e. The summed E-state index contributed by atoms with van der Waals surface area (Å²) in [5, 5.41) is 2.88. The van der Waals surface area contributed by atoms with Gasteiger partial charge < -0.3 is 11.1 Å². The Morgan fingerprint density at radius 2 is 1.65 bits per heavy atom. The van der Waals surface area contributed by atoms with Crippen molar-refractivity contribution in [3.8, 4) is 0 Å². The quantitative estimate of drug-likeness (QED) is 0.820. The van der Waals surface area contributed by atoms with E-state index in [1.54, 1.807) is 28.6 Å². The van der Waals surface area contributed by atoms with Gasteiger partial charge in [0.15, 0.2) is 0 Å². The molecule has 1 aliphatic carbocycles. The van der Waals surface area contributed by atoms with Crippen LogP contribution in [0.5, 0.6) is 0 Å². The summed E-state index contributed by atoms with van der Waals surface area (Å²) in [6.07, 6.45) is 7.28. The van der Waals surface area contributed by atoms with Crippen LogP contribution in [0.3, 0.4) is 0 Å². The summed E-state index contributed by atoms with van der Waals surface area (Å²) >= 11 is 0. The van der Waals surface area contributed by atoms with Crippen molar-refractivity contribution in [1.82, 2.24) is 9.62 Å². The van der Waals surface area contributed by atoms with Crippen molar-refractivity contribution in [2.75, 3.05) is 13.1 Å². The van der Waals surface area contributed by atoms with Gasteiger partial charge in [-0.3, -0.25) is 4.79 Å².